The van der Waals surface area contributed by atoms with Crippen LogP contribution in [0.3, 0.4) is 0 Å². The zero-order valence-corrected chi connectivity index (χ0v) is 17.9. The first-order chi connectivity index (χ1) is 13.9. The molecule has 6 nitrogen and oxygen atoms in total. The van der Waals surface area contributed by atoms with Crippen molar-refractivity contribution in [3.8, 4) is 11.5 Å². The molecule has 1 aliphatic carbocycles. The standard InChI is InChI=1S/C22H28ClNO5/c1-15(22(26)24-12-11-16-7-5-4-6-8-16)29-20(25)10-9-17-13-18(23)21(28-3)19(14-17)27-2/h7,9-10,13-15H,4-6,8,11-12H2,1-3H3,(H,24,26)/b10-9+/t15-/m1/s1. The monoisotopic (exact) mass is 421 g/mol. The van der Waals surface area contributed by atoms with Crippen LogP contribution in [0.5, 0.6) is 11.5 Å². The van der Waals surface area contributed by atoms with E-state index in [1.54, 1.807) is 19.1 Å². The van der Waals surface area contributed by atoms with E-state index in [2.05, 4.69) is 11.4 Å². The lowest BCUT2D eigenvalue weighted by atomic mass is 9.97. The number of amides is 1. The summed E-state index contributed by atoms with van der Waals surface area (Å²) >= 11 is 6.15. The smallest absolute Gasteiger partial charge is 0.331 e. The zero-order valence-electron chi connectivity index (χ0n) is 17.1. The molecule has 1 atom stereocenters. The van der Waals surface area contributed by atoms with E-state index in [-0.39, 0.29) is 5.91 Å². The number of carbonyl (C=O) groups is 2. The highest BCUT2D eigenvalue weighted by Crippen LogP contribution is 2.36. The minimum Gasteiger partial charge on any atom is -0.493 e. The summed E-state index contributed by atoms with van der Waals surface area (Å²) in [5.41, 5.74) is 2.03. The number of hydrogen-bond donors (Lipinski definition) is 1. The van der Waals surface area contributed by atoms with E-state index < -0.39 is 12.1 Å². The van der Waals surface area contributed by atoms with Crippen LogP contribution in [-0.2, 0) is 14.3 Å². The summed E-state index contributed by atoms with van der Waals surface area (Å²) < 4.78 is 15.6. The van der Waals surface area contributed by atoms with Crippen molar-refractivity contribution in [1.82, 2.24) is 5.32 Å². The van der Waals surface area contributed by atoms with Crippen molar-refractivity contribution in [3.05, 3.63) is 40.4 Å². The van der Waals surface area contributed by atoms with Gasteiger partial charge in [0.1, 0.15) is 0 Å². The summed E-state index contributed by atoms with van der Waals surface area (Å²) in [4.78, 5) is 24.1. The van der Waals surface area contributed by atoms with Crippen LogP contribution in [0.1, 0.15) is 44.6 Å². The van der Waals surface area contributed by atoms with Crippen LogP contribution in [0.25, 0.3) is 6.08 Å². The Labute approximate surface area is 176 Å². The van der Waals surface area contributed by atoms with Gasteiger partial charge in [-0.25, -0.2) is 4.79 Å². The Morgan fingerprint density at radius 2 is 2.03 bits per heavy atom. The molecule has 0 heterocycles. The average molecular weight is 422 g/mol. The lowest BCUT2D eigenvalue weighted by Crippen LogP contribution is -2.36. The fourth-order valence-electron chi connectivity index (χ4n) is 3.09. The molecule has 0 bridgehead atoms. The molecule has 7 heteroatoms. The van der Waals surface area contributed by atoms with Gasteiger partial charge in [0.15, 0.2) is 17.6 Å². The molecule has 0 fully saturated rings. The van der Waals surface area contributed by atoms with Crippen molar-refractivity contribution in [2.24, 2.45) is 0 Å². The first kappa shape index (κ1) is 22.8. The Bertz CT molecular complexity index is 788. The van der Waals surface area contributed by atoms with Gasteiger partial charge in [0.25, 0.3) is 5.91 Å². The largest absolute Gasteiger partial charge is 0.493 e. The first-order valence-corrected chi connectivity index (χ1v) is 10.1. The highest BCUT2D eigenvalue weighted by Gasteiger charge is 2.16. The SMILES string of the molecule is COc1cc(/C=C/C(=O)O[C@H](C)C(=O)NCCC2=CCCCC2)cc(Cl)c1OC. The van der Waals surface area contributed by atoms with E-state index in [0.29, 0.717) is 28.6 Å². The van der Waals surface area contributed by atoms with Crippen LogP contribution in [-0.4, -0.2) is 38.7 Å². The third-order valence-electron chi connectivity index (χ3n) is 4.66. The molecular weight excluding hydrogens is 394 g/mol. The summed E-state index contributed by atoms with van der Waals surface area (Å²) in [5, 5.41) is 3.18. The number of hydrogen-bond acceptors (Lipinski definition) is 5. The van der Waals surface area contributed by atoms with Gasteiger partial charge in [0, 0.05) is 12.6 Å². The molecule has 1 aromatic rings. The van der Waals surface area contributed by atoms with Crippen LogP contribution in [0.15, 0.2) is 29.9 Å². The Balaban J connectivity index is 1.83. The summed E-state index contributed by atoms with van der Waals surface area (Å²) in [6, 6.07) is 3.33. The van der Waals surface area contributed by atoms with Crippen LogP contribution in [0, 0.1) is 0 Å². The Hall–Kier alpha value is -2.47. The molecule has 0 radical (unpaired) electrons. The van der Waals surface area contributed by atoms with E-state index in [1.165, 1.54) is 44.8 Å². The summed E-state index contributed by atoms with van der Waals surface area (Å²) in [7, 11) is 3.00. The highest BCUT2D eigenvalue weighted by atomic mass is 35.5. The van der Waals surface area contributed by atoms with E-state index in [9.17, 15) is 9.59 Å². The van der Waals surface area contributed by atoms with Crippen molar-refractivity contribution in [1.29, 1.82) is 0 Å². The normalized spacial score (nSPS) is 14.8. The Kier molecular flexibility index (Phi) is 9.06. The first-order valence-electron chi connectivity index (χ1n) is 9.70. The molecule has 0 spiro atoms. The molecule has 0 aromatic heterocycles. The summed E-state index contributed by atoms with van der Waals surface area (Å²) in [6.07, 6.45) is 9.68. The maximum Gasteiger partial charge on any atom is 0.331 e. The van der Waals surface area contributed by atoms with E-state index in [4.69, 9.17) is 25.8 Å². The minimum atomic E-state index is -0.874. The molecular formula is C22H28ClNO5. The quantitative estimate of drug-likeness (QED) is 0.365. The topological polar surface area (TPSA) is 73.9 Å². The number of nitrogens with one attached hydrogen (secondary N) is 1. The molecule has 2 rings (SSSR count). The van der Waals surface area contributed by atoms with Gasteiger partial charge in [0.2, 0.25) is 0 Å². The molecule has 1 N–H and O–H groups in total. The van der Waals surface area contributed by atoms with Crippen molar-refractivity contribution in [2.75, 3.05) is 20.8 Å². The van der Waals surface area contributed by atoms with Crippen molar-refractivity contribution < 1.29 is 23.8 Å². The molecule has 29 heavy (non-hydrogen) atoms. The maximum atomic E-state index is 12.1. The third-order valence-corrected chi connectivity index (χ3v) is 4.94. The lowest BCUT2D eigenvalue weighted by molar-refractivity contribution is -0.150. The van der Waals surface area contributed by atoms with E-state index >= 15 is 0 Å². The van der Waals surface area contributed by atoms with Crippen molar-refractivity contribution in [2.45, 2.75) is 45.1 Å². The molecule has 1 aliphatic rings. The fraction of sp³-hybridized carbons (Fsp3) is 0.455. The predicted molar refractivity (Wildman–Crippen MR) is 113 cm³/mol. The van der Waals surface area contributed by atoms with Gasteiger partial charge in [-0.15, -0.1) is 0 Å². The van der Waals surface area contributed by atoms with Gasteiger partial charge in [-0.05, 0) is 62.8 Å². The second-order valence-electron chi connectivity index (χ2n) is 6.80. The number of allylic oxidation sites excluding steroid dienone is 1. The lowest BCUT2D eigenvalue weighted by Gasteiger charge is -2.15. The van der Waals surface area contributed by atoms with Crippen LogP contribution in [0.2, 0.25) is 5.02 Å². The second-order valence-corrected chi connectivity index (χ2v) is 7.21. The van der Waals surface area contributed by atoms with Crippen LogP contribution in [0.4, 0.5) is 0 Å². The predicted octanol–water partition coefficient (Wildman–Crippen LogP) is 4.31. The fourth-order valence-corrected chi connectivity index (χ4v) is 3.38. The molecule has 0 aliphatic heterocycles. The van der Waals surface area contributed by atoms with Gasteiger partial charge in [-0.3, -0.25) is 4.79 Å². The molecule has 1 amide bonds. The van der Waals surface area contributed by atoms with Crippen LogP contribution < -0.4 is 14.8 Å². The zero-order chi connectivity index (χ0) is 21.2. The van der Waals surface area contributed by atoms with Crippen molar-refractivity contribution in [3.63, 3.8) is 0 Å². The number of carbonyl (C=O) groups excluding carboxylic acids is 2. The molecule has 0 saturated carbocycles. The minimum absolute atomic E-state index is 0.308. The van der Waals surface area contributed by atoms with E-state index in [1.807, 2.05) is 0 Å². The Morgan fingerprint density at radius 3 is 2.69 bits per heavy atom. The third kappa shape index (κ3) is 7.13. The van der Waals surface area contributed by atoms with Gasteiger partial charge < -0.3 is 19.5 Å². The summed E-state index contributed by atoms with van der Waals surface area (Å²) in [6.45, 7) is 2.10. The number of rotatable bonds is 9. The Morgan fingerprint density at radius 1 is 1.24 bits per heavy atom. The molecule has 0 saturated heterocycles. The summed E-state index contributed by atoms with van der Waals surface area (Å²) in [5.74, 6) is -0.0529. The van der Waals surface area contributed by atoms with Crippen LogP contribution >= 0.6 is 11.6 Å². The van der Waals surface area contributed by atoms with Gasteiger partial charge in [0.05, 0.1) is 19.2 Å². The second kappa shape index (κ2) is 11.5. The molecule has 158 valence electrons. The number of esters is 1. The van der Waals surface area contributed by atoms with Gasteiger partial charge in [-0.1, -0.05) is 23.3 Å². The van der Waals surface area contributed by atoms with E-state index in [0.717, 1.165) is 19.3 Å². The average Bonchev–Trinajstić information content (AvgIpc) is 2.72. The van der Waals surface area contributed by atoms with Crippen molar-refractivity contribution >= 4 is 29.6 Å². The highest BCUT2D eigenvalue weighted by molar-refractivity contribution is 6.32. The number of ether oxygens (including phenoxy) is 3. The number of methoxy groups -OCH3 is 2. The number of benzene rings is 1. The van der Waals surface area contributed by atoms with Gasteiger partial charge in [-0.2, -0.15) is 0 Å². The molecule has 1 aromatic carbocycles. The molecule has 0 unspecified atom stereocenters. The van der Waals surface area contributed by atoms with Gasteiger partial charge >= 0.3 is 5.97 Å². The number of halogens is 1. The maximum absolute atomic E-state index is 12.1.